The molecule has 1 rings (SSSR count). The van der Waals surface area contributed by atoms with Crippen LogP contribution in [0.5, 0.6) is 0 Å². The van der Waals surface area contributed by atoms with E-state index in [0.717, 1.165) is 44.9 Å². The number of likely N-dealkylation sites (tertiary alicyclic amines) is 1. The van der Waals surface area contributed by atoms with Crippen molar-refractivity contribution in [2.75, 3.05) is 47.3 Å². The molecule has 0 spiro atoms. The van der Waals surface area contributed by atoms with Gasteiger partial charge in [-0.25, -0.2) is 4.99 Å². The van der Waals surface area contributed by atoms with E-state index in [2.05, 4.69) is 27.4 Å². The van der Waals surface area contributed by atoms with Crippen LogP contribution in [0.2, 0.25) is 0 Å². The maximum atomic E-state index is 11.7. The van der Waals surface area contributed by atoms with Gasteiger partial charge in [0.05, 0.1) is 0 Å². The highest BCUT2D eigenvalue weighted by Crippen LogP contribution is 2.20. The third-order valence-electron chi connectivity index (χ3n) is 4.06. The van der Waals surface area contributed by atoms with Crippen LogP contribution in [-0.4, -0.2) is 74.9 Å². The minimum atomic E-state index is -0.00435. The van der Waals surface area contributed by atoms with Crippen LogP contribution in [0.25, 0.3) is 0 Å². The van der Waals surface area contributed by atoms with E-state index in [1.165, 1.54) is 0 Å². The van der Waals surface area contributed by atoms with Crippen molar-refractivity contribution in [1.29, 1.82) is 0 Å². The first-order valence-electron chi connectivity index (χ1n) is 8.41. The highest BCUT2D eigenvalue weighted by molar-refractivity contribution is 14.0. The van der Waals surface area contributed by atoms with Gasteiger partial charge in [-0.3, -0.25) is 9.59 Å². The largest absolute Gasteiger partial charge is 0.359 e. The van der Waals surface area contributed by atoms with Gasteiger partial charge in [-0.05, 0) is 25.2 Å². The quantitative estimate of drug-likeness (QED) is 0.356. The predicted molar refractivity (Wildman–Crippen MR) is 108 cm³/mol. The molecule has 140 valence electrons. The molecular formula is C16H32IN5O2. The molecule has 1 aliphatic rings. The molecule has 7 nitrogen and oxygen atoms in total. The number of hydrogen-bond donors (Lipinski definition) is 2. The summed E-state index contributed by atoms with van der Waals surface area (Å²) in [6.07, 6.45) is 3.55. The van der Waals surface area contributed by atoms with Crippen LogP contribution in [0.15, 0.2) is 4.99 Å². The van der Waals surface area contributed by atoms with Gasteiger partial charge in [0, 0.05) is 47.2 Å². The molecular weight excluding hydrogens is 421 g/mol. The molecule has 0 radical (unpaired) electrons. The molecule has 1 saturated heterocycles. The minimum Gasteiger partial charge on any atom is -0.359 e. The lowest BCUT2D eigenvalue weighted by Gasteiger charge is -2.34. The molecule has 1 heterocycles. The van der Waals surface area contributed by atoms with Gasteiger partial charge in [-0.15, -0.1) is 24.0 Å². The molecule has 0 aromatic rings. The van der Waals surface area contributed by atoms with Gasteiger partial charge in [-0.1, -0.05) is 6.92 Å². The van der Waals surface area contributed by atoms with Crippen molar-refractivity contribution in [1.82, 2.24) is 20.4 Å². The zero-order chi connectivity index (χ0) is 17.2. The summed E-state index contributed by atoms with van der Waals surface area (Å²) in [4.78, 5) is 31.4. The van der Waals surface area contributed by atoms with Crippen LogP contribution >= 0.6 is 24.0 Å². The smallest absolute Gasteiger partial charge is 0.243 e. The van der Waals surface area contributed by atoms with Gasteiger partial charge in [0.2, 0.25) is 11.8 Å². The van der Waals surface area contributed by atoms with E-state index in [1.54, 1.807) is 26.0 Å². The third kappa shape index (κ3) is 8.16. The average molecular weight is 453 g/mol. The Labute approximate surface area is 162 Å². The standard InChI is InChI=1S/C16H31N5O2.HI/c1-5-8-18-16(19-12-15(23)20(3)4)21-9-6-13(7-10-21)11-14(22)17-2;/h13H,5-12H2,1-4H3,(H,17,22)(H,18,19);1H. The first-order valence-corrected chi connectivity index (χ1v) is 8.41. The minimum absolute atomic E-state index is 0. The normalized spacial score (nSPS) is 15.5. The average Bonchev–Trinajstić information content (AvgIpc) is 2.55. The Morgan fingerprint density at radius 2 is 1.88 bits per heavy atom. The summed E-state index contributed by atoms with van der Waals surface area (Å²) in [5.74, 6) is 1.34. The zero-order valence-electron chi connectivity index (χ0n) is 15.3. The first kappa shape index (κ1) is 22.9. The van der Waals surface area contributed by atoms with Crippen molar-refractivity contribution in [3.8, 4) is 0 Å². The summed E-state index contributed by atoms with van der Waals surface area (Å²) in [7, 11) is 5.15. The highest BCUT2D eigenvalue weighted by atomic mass is 127. The van der Waals surface area contributed by atoms with Crippen molar-refractivity contribution in [3.05, 3.63) is 0 Å². The number of likely N-dealkylation sites (N-methyl/N-ethyl adjacent to an activating group) is 1. The van der Waals surface area contributed by atoms with Gasteiger partial charge in [0.15, 0.2) is 5.96 Å². The molecule has 2 N–H and O–H groups in total. The Morgan fingerprint density at radius 3 is 2.38 bits per heavy atom. The highest BCUT2D eigenvalue weighted by Gasteiger charge is 2.23. The molecule has 0 bridgehead atoms. The number of nitrogens with zero attached hydrogens (tertiary/aromatic N) is 3. The molecule has 0 saturated carbocycles. The number of hydrogen-bond acceptors (Lipinski definition) is 3. The fourth-order valence-electron chi connectivity index (χ4n) is 2.50. The summed E-state index contributed by atoms with van der Waals surface area (Å²) in [6.45, 7) is 4.84. The number of halogens is 1. The maximum Gasteiger partial charge on any atom is 0.243 e. The van der Waals surface area contributed by atoms with Crippen molar-refractivity contribution in [2.24, 2.45) is 10.9 Å². The van der Waals surface area contributed by atoms with Crippen LogP contribution in [0, 0.1) is 5.92 Å². The monoisotopic (exact) mass is 453 g/mol. The maximum absolute atomic E-state index is 11.7. The van der Waals surface area contributed by atoms with Crippen LogP contribution in [0.3, 0.4) is 0 Å². The number of amides is 2. The molecule has 0 atom stereocenters. The van der Waals surface area contributed by atoms with Gasteiger partial charge in [0.25, 0.3) is 0 Å². The number of carbonyl (C=O) groups excluding carboxylic acids is 2. The van der Waals surface area contributed by atoms with Gasteiger partial charge < -0.3 is 20.4 Å². The van der Waals surface area contributed by atoms with E-state index in [0.29, 0.717) is 12.3 Å². The van der Waals surface area contributed by atoms with Gasteiger partial charge in [0.1, 0.15) is 6.54 Å². The second-order valence-corrected chi connectivity index (χ2v) is 6.16. The van der Waals surface area contributed by atoms with E-state index >= 15 is 0 Å². The Bertz CT molecular complexity index is 421. The summed E-state index contributed by atoms with van der Waals surface area (Å²) in [5, 5.41) is 6.01. The van der Waals surface area contributed by atoms with E-state index in [4.69, 9.17) is 0 Å². The lowest BCUT2D eigenvalue weighted by atomic mass is 9.93. The lowest BCUT2D eigenvalue weighted by molar-refractivity contribution is -0.127. The Hall–Kier alpha value is -1.06. The summed E-state index contributed by atoms with van der Waals surface area (Å²) in [5.41, 5.74) is 0. The van der Waals surface area contributed by atoms with Crippen LogP contribution in [0.4, 0.5) is 0 Å². The van der Waals surface area contributed by atoms with Gasteiger partial charge >= 0.3 is 0 Å². The number of aliphatic imine (C=N–C) groups is 1. The third-order valence-corrected chi connectivity index (χ3v) is 4.06. The molecule has 2 amide bonds. The topological polar surface area (TPSA) is 77.0 Å². The van der Waals surface area contributed by atoms with E-state index in [9.17, 15) is 9.59 Å². The second kappa shape index (κ2) is 12.3. The summed E-state index contributed by atoms with van der Waals surface area (Å²) >= 11 is 0. The number of piperidine rings is 1. The van der Waals surface area contributed by atoms with E-state index in [-0.39, 0.29) is 42.3 Å². The Kier molecular flexibility index (Phi) is 11.8. The fraction of sp³-hybridized carbons (Fsp3) is 0.812. The van der Waals surface area contributed by atoms with E-state index < -0.39 is 0 Å². The second-order valence-electron chi connectivity index (χ2n) is 6.16. The van der Waals surface area contributed by atoms with Crippen LogP contribution in [0.1, 0.15) is 32.6 Å². The van der Waals surface area contributed by atoms with Crippen molar-refractivity contribution in [2.45, 2.75) is 32.6 Å². The molecule has 1 fully saturated rings. The van der Waals surface area contributed by atoms with Crippen molar-refractivity contribution in [3.63, 3.8) is 0 Å². The molecule has 0 aromatic heterocycles. The van der Waals surface area contributed by atoms with Crippen molar-refractivity contribution < 1.29 is 9.59 Å². The molecule has 8 heteroatoms. The zero-order valence-corrected chi connectivity index (χ0v) is 17.6. The molecule has 24 heavy (non-hydrogen) atoms. The number of guanidine groups is 1. The van der Waals surface area contributed by atoms with Crippen LogP contribution < -0.4 is 10.6 Å². The van der Waals surface area contributed by atoms with Crippen molar-refractivity contribution >= 4 is 41.8 Å². The Morgan fingerprint density at radius 1 is 1.25 bits per heavy atom. The Balaban J connectivity index is 0.00000529. The number of carbonyl (C=O) groups is 2. The van der Waals surface area contributed by atoms with Gasteiger partial charge in [-0.2, -0.15) is 0 Å². The molecule has 0 unspecified atom stereocenters. The first-order chi connectivity index (χ1) is 11.0. The molecule has 0 aliphatic carbocycles. The van der Waals surface area contributed by atoms with E-state index in [1.807, 2.05) is 0 Å². The molecule has 1 aliphatic heterocycles. The number of nitrogens with one attached hydrogen (secondary N) is 2. The SMILES string of the molecule is CCCNC(=NCC(=O)N(C)C)N1CCC(CC(=O)NC)CC1.I. The van der Waals surface area contributed by atoms with Crippen LogP contribution in [-0.2, 0) is 9.59 Å². The summed E-state index contributed by atoms with van der Waals surface area (Å²) in [6, 6.07) is 0. The lowest BCUT2D eigenvalue weighted by Crippen LogP contribution is -2.46. The molecule has 0 aromatic carbocycles. The summed E-state index contributed by atoms with van der Waals surface area (Å²) < 4.78 is 0. The number of rotatable bonds is 6. The predicted octanol–water partition coefficient (Wildman–Crippen LogP) is 0.896. The fourth-order valence-corrected chi connectivity index (χ4v) is 2.50.